The highest BCUT2D eigenvalue weighted by atomic mass is 16.5. The van der Waals surface area contributed by atoms with Crippen molar-refractivity contribution in [1.29, 1.82) is 0 Å². The van der Waals surface area contributed by atoms with Crippen LogP contribution in [0.15, 0.2) is 71.9 Å². The fourth-order valence-corrected chi connectivity index (χ4v) is 3.45. The normalized spacial score (nSPS) is 14.4. The summed E-state index contributed by atoms with van der Waals surface area (Å²) in [6.07, 6.45) is 16.8. The van der Waals surface area contributed by atoms with Crippen molar-refractivity contribution < 1.29 is 14.3 Å². The Kier molecular flexibility index (Phi) is 10.3. The minimum Gasteiger partial charge on any atom is -0.494 e. The van der Waals surface area contributed by atoms with Crippen LogP contribution in [0.4, 0.5) is 0 Å². The first kappa shape index (κ1) is 24.3. The summed E-state index contributed by atoms with van der Waals surface area (Å²) in [6, 6.07) is 14.5. The maximum absolute atomic E-state index is 12.4. The molecule has 3 rings (SSSR count). The molecule has 0 aliphatic carbocycles. The van der Waals surface area contributed by atoms with E-state index in [1.165, 1.54) is 19.3 Å². The molecule has 2 aromatic rings. The number of piperidine rings is 1. The minimum atomic E-state index is -0.383. The van der Waals surface area contributed by atoms with Crippen LogP contribution in [0.5, 0.6) is 11.5 Å². The molecule has 0 unspecified atom stereocenters. The molecule has 0 N–H and O–H groups in total. The summed E-state index contributed by atoms with van der Waals surface area (Å²) in [6.45, 7) is 4.96. The maximum Gasteiger partial charge on any atom is 0.343 e. The maximum atomic E-state index is 12.4. The Morgan fingerprint density at radius 1 is 0.909 bits per heavy atom. The average Bonchev–Trinajstić information content (AvgIpc) is 2.86. The van der Waals surface area contributed by atoms with E-state index >= 15 is 0 Å². The summed E-state index contributed by atoms with van der Waals surface area (Å²) in [7, 11) is 0. The van der Waals surface area contributed by atoms with Crippen LogP contribution in [0.1, 0.15) is 61.4 Å². The van der Waals surface area contributed by atoms with Gasteiger partial charge in [0.1, 0.15) is 11.5 Å². The number of esters is 1. The Bertz CT molecular complexity index is 925. The largest absolute Gasteiger partial charge is 0.494 e. The molecular formula is C28H34N2O3. The van der Waals surface area contributed by atoms with E-state index in [0.29, 0.717) is 17.9 Å². The van der Waals surface area contributed by atoms with Crippen molar-refractivity contribution in [2.75, 3.05) is 19.7 Å². The van der Waals surface area contributed by atoms with Gasteiger partial charge in [0.25, 0.3) is 0 Å². The molecule has 5 nitrogen and oxygen atoms in total. The van der Waals surface area contributed by atoms with E-state index < -0.39 is 0 Å². The highest BCUT2D eigenvalue weighted by Crippen LogP contribution is 2.17. The second-order valence-electron chi connectivity index (χ2n) is 8.06. The fourth-order valence-electron chi connectivity index (χ4n) is 3.45. The Morgan fingerprint density at radius 2 is 1.64 bits per heavy atom. The summed E-state index contributed by atoms with van der Waals surface area (Å²) in [5.41, 5.74) is 1.52. The lowest BCUT2D eigenvalue weighted by Crippen LogP contribution is -2.24. The van der Waals surface area contributed by atoms with Gasteiger partial charge >= 0.3 is 5.97 Å². The zero-order chi connectivity index (χ0) is 23.1. The molecule has 0 saturated carbocycles. The molecule has 0 radical (unpaired) electrons. The molecule has 2 aromatic carbocycles. The van der Waals surface area contributed by atoms with Crippen molar-refractivity contribution >= 4 is 18.3 Å². The van der Waals surface area contributed by atoms with Crippen LogP contribution >= 0.6 is 0 Å². The molecule has 0 amide bonds. The van der Waals surface area contributed by atoms with E-state index in [9.17, 15) is 4.79 Å². The molecule has 0 aromatic heterocycles. The van der Waals surface area contributed by atoms with E-state index in [1.807, 2.05) is 42.7 Å². The van der Waals surface area contributed by atoms with Crippen LogP contribution in [0.3, 0.4) is 0 Å². The molecule has 33 heavy (non-hydrogen) atoms. The lowest BCUT2D eigenvalue weighted by molar-refractivity contribution is 0.0734. The second-order valence-corrected chi connectivity index (χ2v) is 8.06. The molecule has 1 aliphatic rings. The molecule has 0 spiro atoms. The van der Waals surface area contributed by atoms with Gasteiger partial charge in [0.05, 0.1) is 12.2 Å². The third kappa shape index (κ3) is 8.97. The van der Waals surface area contributed by atoms with Crippen molar-refractivity contribution in [1.82, 2.24) is 5.01 Å². The number of hydrazone groups is 1. The first-order valence-corrected chi connectivity index (χ1v) is 11.9. The molecule has 1 fully saturated rings. The lowest BCUT2D eigenvalue weighted by atomic mass is 10.2. The van der Waals surface area contributed by atoms with Gasteiger partial charge < -0.3 is 9.47 Å². The van der Waals surface area contributed by atoms with E-state index in [2.05, 4.69) is 17.0 Å². The number of ether oxygens (including phenoxy) is 2. The molecule has 174 valence electrons. The van der Waals surface area contributed by atoms with Gasteiger partial charge in [0.15, 0.2) is 0 Å². The summed E-state index contributed by atoms with van der Waals surface area (Å²) < 4.78 is 11.2. The third-order valence-corrected chi connectivity index (χ3v) is 5.36. The number of rotatable bonds is 11. The van der Waals surface area contributed by atoms with Gasteiger partial charge in [0.2, 0.25) is 0 Å². The van der Waals surface area contributed by atoms with E-state index in [4.69, 9.17) is 9.47 Å². The third-order valence-electron chi connectivity index (χ3n) is 5.36. The standard InChI is InChI=1S/C28H34N2O3/c1-2-3-10-23-32-26-18-14-25(15-19-26)28(31)33-27-16-12-24(13-17-27)11-6-4-7-20-29-30-21-8-5-9-22-30/h4,6-7,11-20H,2-3,5,8-10,21-23H2,1H3/b7-4+,11-6+,29-20+. The molecule has 5 heteroatoms. The van der Waals surface area contributed by atoms with E-state index in [0.717, 1.165) is 43.7 Å². The quantitative estimate of drug-likeness (QED) is 0.130. The number of carbonyl (C=O) groups excluding carboxylic acids is 1. The van der Waals surface area contributed by atoms with Gasteiger partial charge in [-0.15, -0.1) is 0 Å². The summed E-state index contributed by atoms with van der Waals surface area (Å²) >= 11 is 0. The molecule has 1 heterocycles. The van der Waals surface area contributed by atoms with E-state index in [1.54, 1.807) is 36.4 Å². The molecule has 1 saturated heterocycles. The van der Waals surface area contributed by atoms with Crippen molar-refractivity contribution in [2.24, 2.45) is 5.10 Å². The van der Waals surface area contributed by atoms with Crippen LogP contribution in [0.25, 0.3) is 6.08 Å². The van der Waals surface area contributed by atoms with Crippen molar-refractivity contribution in [2.45, 2.75) is 45.4 Å². The Hall–Kier alpha value is -3.34. The fraction of sp³-hybridized carbons (Fsp3) is 0.357. The summed E-state index contributed by atoms with van der Waals surface area (Å²) in [5, 5.41) is 6.57. The topological polar surface area (TPSA) is 51.1 Å². The summed E-state index contributed by atoms with van der Waals surface area (Å²) in [4.78, 5) is 12.4. The van der Waals surface area contributed by atoms with Crippen molar-refractivity contribution in [3.63, 3.8) is 0 Å². The van der Waals surface area contributed by atoms with E-state index in [-0.39, 0.29) is 5.97 Å². The van der Waals surface area contributed by atoms with Crippen LogP contribution in [0.2, 0.25) is 0 Å². The number of nitrogens with zero attached hydrogens (tertiary/aromatic N) is 2. The second kappa shape index (κ2) is 13.9. The van der Waals surface area contributed by atoms with Gasteiger partial charge in [-0.3, -0.25) is 5.01 Å². The van der Waals surface area contributed by atoms with Gasteiger partial charge in [0, 0.05) is 19.3 Å². The first-order chi connectivity index (χ1) is 16.2. The van der Waals surface area contributed by atoms with Crippen molar-refractivity contribution in [3.8, 4) is 11.5 Å². The molecule has 1 aliphatic heterocycles. The van der Waals surface area contributed by atoms with Gasteiger partial charge in [-0.05, 0) is 73.7 Å². The predicted octanol–water partition coefficient (Wildman–Crippen LogP) is 6.52. The Labute approximate surface area is 197 Å². The first-order valence-electron chi connectivity index (χ1n) is 11.9. The minimum absolute atomic E-state index is 0.383. The van der Waals surface area contributed by atoms with Crippen LogP contribution in [-0.2, 0) is 0 Å². The van der Waals surface area contributed by atoms with Gasteiger partial charge in [-0.1, -0.05) is 50.1 Å². The highest BCUT2D eigenvalue weighted by molar-refractivity contribution is 5.91. The zero-order valence-electron chi connectivity index (χ0n) is 19.5. The molecule has 0 bridgehead atoms. The number of allylic oxidation sites excluding steroid dienone is 3. The Balaban J connectivity index is 1.42. The predicted molar refractivity (Wildman–Crippen MR) is 135 cm³/mol. The number of carbonyl (C=O) groups is 1. The number of unbranched alkanes of at least 4 members (excludes halogenated alkanes) is 2. The lowest BCUT2D eigenvalue weighted by Gasteiger charge is -2.22. The average molecular weight is 447 g/mol. The number of hydrogen-bond donors (Lipinski definition) is 0. The Morgan fingerprint density at radius 3 is 2.36 bits per heavy atom. The van der Waals surface area contributed by atoms with Crippen LogP contribution in [0, 0.1) is 0 Å². The zero-order valence-corrected chi connectivity index (χ0v) is 19.5. The monoisotopic (exact) mass is 446 g/mol. The van der Waals surface area contributed by atoms with Crippen LogP contribution < -0.4 is 9.47 Å². The van der Waals surface area contributed by atoms with Gasteiger partial charge in [-0.2, -0.15) is 5.10 Å². The highest BCUT2D eigenvalue weighted by Gasteiger charge is 2.09. The number of benzene rings is 2. The summed E-state index contributed by atoms with van der Waals surface area (Å²) in [5.74, 6) is 0.901. The molecular weight excluding hydrogens is 412 g/mol. The smallest absolute Gasteiger partial charge is 0.343 e. The molecule has 0 atom stereocenters. The van der Waals surface area contributed by atoms with Crippen LogP contribution in [-0.4, -0.2) is 36.9 Å². The van der Waals surface area contributed by atoms with Crippen molar-refractivity contribution in [3.05, 3.63) is 77.9 Å². The van der Waals surface area contributed by atoms with Gasteiger partial charge in [-0.25, -0.2) is 4.79 Å². The SMILES string of the molecule is CCCCCOc1ccc(C(=O)Oc2ccc(/C=C/C=C/C=N/N3CCCCC3)cc2)cc1. The number of hydrogen-bond acceptors (Lipinski definition) is 5.